The van der Waals surface area contributed by atoms with E-state index in [4.69, 9.17) is 10.5 Å². The molecule has 1 amide bonds. The van der Waals surface area contributed by atoms with Gasteiger partial charge in [0.15, 0.2) is 11.6 Å². The molecule has 0 aliphatic heterocycles. The van der Waals surface area contributed by atoms with Gasteiger partial charge in [-0.25, -0.2) is 8.78 Å². The van der Waals surface area contributed by atoms with Crippen LogP contribution >= 0.6 is 0 Å². The van der Waals surface area contributed by atoms with Crippen molar-refractivity contribution in [2.24, 2.45) is 0 Å². The minimum atomic E-state index is -1.09. The Hall–Kier alpha value is -2.63. The van der Waals surface area contributed by atoms with Gasteiger partial charge in [0.1, 0.15) is 5.75 Å². The molecule has 0 heterocycles. The number of nitrogens with one attached hydrogen (secondary N) is 1. The summed E-state index contributed by atoms with van der Waals surface area (Å²) in [6.45, 7) is 0. The Balaban J connectivity index is 2.25. The number of hydrogen-bond donors (Lipinski definition) is 2. The summed E-state index contributed by atoms with van der Waals surface area (Å²) in [7, 11) is 1.48. The average molecular weight is 278 g/mol. The van der Waals surface area contributed by atoms with Gasteiger partial charge in [-0.2, -0.15) is 0 Å². The monoisotopic (exact) mass is 278 g/mol. The van der Waals surface area contributed by atoms with Gasteiger partial charge in [0.25, 0.3) is 5.91 Å². The first-order chi connectivity index (χ1) is 9.51. The highest BCUT2D eigenvalue weighted by molar-refractivity contribution is 6.05. The number of anilines is 2. The highest BCUT2D eigenvalue weighted by atomic mass is 19.2. The molecule has 2 rings (SSSR count). The normalized spacial score (nSPS) is 10.2. The molecule has 0 aliphatic rings. The number of amides is 1. The number of carbonyl (C=O) groups is 1. The molecule has 0 spiro atoms. The SMILES string of the molecule is COc1ccc(N)c(NC(=O)c2ccc(F)c(F)c2)c1. The Kier molecular flexibility index (Phi) is 3.84. The lowest BCUT2D eigenvalue weighted by Crippen LogP contribution is -2.13. The molecule has 2 aromatic carbocycles. The largest absolute Gasteiger partial charge is 0.497 e. The second-order valence-corrected chi connectivity index (χ2v) is 4.04. The maximum Gasteiger partial charge on any atom is 0.255 e. The van der Waals surface area contributed by atoms with Crippen LogP contribution in [0.2, 0.25) is 0 Å². The molecule has 0 radical (unpaired) electrons. The van der Waals surface area contributed by atoms with Gasteiger partial charge in [-0.1, -0.05) is 0 Å². The summed E-state index contributed by atoms with van der Waals surface area (Å²) in [5.41, 5.74) is 6.38. The first-order valence-corrected chi connectivity index (χ1v) is 5.71. The number of rotatable bonds is 3. The van der Waals surface area contributed by atoms with Crippen LogP contribution in [0.4, 0.5) is 20.2 Å². The van der Waals surface area contributed by atoms with Crippen molar-refractivity contribution < 1.29 is 18.3 Å². The molecule has 4 nitrogen and oxygen atoms in total. The first-order valence-electron chi connectivity index (χ1n) is 5.71. The summed E-state index contributed by atoms with van der Waals surface area (Å²) in [5.74, 6) is -2.18. The van der Waals surface area contributed by atoms with Crippen molar-refractivity contribution in [3.05, 3.63) is 53.6 Å². The summed E-state index contributed by atoms with van der Waals surface area (Å²) in [6, 6.07) is 7.64. The fourth-order valence-corrected chi connectivity index (χ4v) is 1.60. The van der Waals surface area contributed by atoms with E-state index in [1.54, 1.807) is 12.1 Å². The second kappa shape index (κ2) is 5.56. The van der Waals surface area contributed by atoms with E-state index in [1.807, 2.05) is 0 Å². The zero-order valence-corrected chi connectivity index (χ0v) is 10.6. The molecule has 0 saturated heterocycles. The van der Waals surface area contributed by atoms with Crippen LogP contribution in [0, 0.1) is 11.6 Å². The van der Waals surface area contributed by atoms with E-state index in [9.17, 15) is 13.6 Å². The van der Waals surface area contributed by atoms with E-state index in [0.29, 0.717) is 17.1 Å². The molecule has 3 N–H and O–H groups in total. The van der Waals surface area contributed by atoms with Crippen LogP contribution in [-0.4, -0.2) is 13.0 Å². The summed E-state index contributed by atoms with van der Waals surface area (Å²) in [5, 5.41) is 2.51. The van der Waals surface area contributed by atoms with Crippen molar-refractivity contribution in [3.8, 4) is 5.75 Å². The minimum absolute atomic E-state index is 0.00822. The average Bonchev–Trinajstić information content (AvgIpc) is 2.44. The topological polar surface area (TPSA) is 64.3 Å². The second-order valence-electron chi connectivity index (χ2n) is 4.04. The molecule has 0 atom stereocenters. The fourth-order valence-electron chi connectivity index (χ4n) is 1.60. The Morgan fingerprint density at radius 2 is 1.90 bits per heavy atom. The lowest BCUT2D eigenvalue weighted by molar-refractivity contribution is 0.102. The van der Waals surface area contributed by atoms with E-state index in [-0.39, 0.29) is 5.56 Å². The van der Waals surface area contributed by atoms with E-state index in [0.717, 1.165) is 12.1 Å². The molecule has 0 fully saturated rings. The number of nitrogens with two attached hydrogens (primary N) is 1. The molecule has 0 bridgehead atoms. The molecule has 0 saturated carbocycles. The number of ether oxygens (including phenoxy) is 1. The molecule has 0 aliphatic carbocycles. The van der Waals surface area contributed by atoms with Crippen molar-refractivity contribution in [1.82, 2.24) is 0 Å². The van der Waals surface area contributed by atoms with Gasteiger partial charge < -0.3 is 15.8 Å². The van der Waals surface area contributed by atoms with Crippen LogP contribution in [0.5, 0.6) is 5.75 Å². The third kappa shape index (κ3) is 2.85. The van der Waals surface area contributed by atoms with Crippen LogP contribution in [0.1, 0.15) is 10.4 Å². The molecule has 20 heavy (non-hydrogen) atoms. The third-order valence-electron chi connectivity index (χ3n) is 2.69. The number of benzene rings is 2. The number of nitrogen functional groups attached to an aromatic ring is 1. The molecule has 0 aromatic heterocycles. The molecular formula is C14H12F2N2O2. The molecule has 2 aromatic rings. The van der Waals surface area contributed by atoms with Gasteiger partial charge in [0.05, 0.1) is 18.5 Å². The first kappa shape index (κ1) is 13.8. The predicted molar refractivity (Wildman–Crippen MR) is 71.7 cm³/mol. The fraction of sp³-hybridized carbons (Fsp3) is 0.0714. The Bertz CT molecular complexity index is 660. The molecule has 0 unspecified atom stereocenters. The van der Waals surface area contributed by atoms with Crippen molar-refractivity contribution in [3.63, 3.8) is 0 Å². The summed E-state index contributed by atoms with van der Waals surface area (Å²) < 4.78 is 30.9. The lowest BCUT2D eigenvalue weighted by atomic mass is 10.2. The van der Waals surface area contributed by atoms with Crippen LogP contribution in [0.3, 0.4) is 0 Å². The van der Waals surface area contributed by atoms with E-state index in [2.05, 4.69) is 5.32 Å². The van der Waals surface area contributed by atoms with E-state index < -0.39 is 17.5 Å². The van der Waals surface area contributed by atoms with Crippen LogP contribution in [-0.2, 0) is 0 Å². The van der Waals surface area contributed by atoms with Gasteiger partial charge in [0.2, 0.25) is 0 Å². The van der Waals surface area contributed by atoms with Crippen LogP contribution in [0.15, 0.2) is 36.4 Å². The Labute approximate surface area is 114 Å². The van der Waals surface area contributed by atoms with E-state index >= 15 is 0 Å². The summed E-state index contributed by atoms with van der Waals surface area (Å²) in [6.07, 6.45) is 0. The smallest absolute Gasteiger partial charge is 0.255 e. The van der Waals surface area contributed by atoms with Crippen molar-refractivity contribution in [2.75, 3.05) is 18.2 Å². The van der Waals surface area contributed by atoms with Crippen LogP contribution in [0.25, 0.3) is 0 Å². The van der Waals surface area contributed by atoms with Gasteiger partial charge in [-0.3, -0.25) is 4.79 Å². The van der Waals surface area contributed by atoms with Gasteiger partial charge in [-0.05, 0) is 30.3 Å². The quantitative estimate of drug-likeness (QED) is 0.848. The van der Waals surface area contributed by atoms with E-state index in [1.165, 1.54) is 19.2 Å². The summed E-state index contributed by atoms with van der Waals surface area (Å²) >= 11 is 0. The zero-order valence-electron chi connectivity index (χ0n) is 10.6. The molecular weight excluding hydrogens is 266 g/mol. The standard InChI is InChI=1S/C14H12F2N2O2/c1-20-9-3-5-12(17)13(7-9)18-14(19)8-2-4-10(15)11(16)6-8/h2-7H,17H2,1H3,(H,18,19). The third-order valence-corrected chi connectivity index (χ3v) is 2.69. The highest BCUT2D eigenvalue weighted by Gasteiger charge is 2.11. The van der Waals surface area contributed by atoms with Crippen LogP contribution < -0.4 is 15.8 Å². The Morgan fingerprint density at radius 3 is 2.55 bits per heavy atom. The number of halogens is 2. The number of carbonyl (C=O) groups excluding carboxylic acids is 1. The minimum Gasteiger partial charge on any atom is -0.497 e. The van der Waals surface area contributed by atoms with Gasteiger partial charge in [0, 0.05) is 11.6 Å². The molecule has 104 valence electrons. The maximum absolute atomic E-state index is 13.1. The lowest BCUT2D eigenvalue weighted by Gasteiger charge is -2.10. The Morgan fingerprint density at radius 1 is 1.15 bits per heavy atom. The maximum atomic E-state index is 13.1. The number of methoxy groups -OCH3 is 1. The van der Waals surface area contributed by atoms with Crippen molar-refractivity contribution in [2.45, 2.75) is 0 Å². The summed E-state index contributed by atoms with van der Waals surface area (Å²) in [4.78, 5) is 11.9. The zero-order chi connectivity index (χ0) is 14.7. The van der Waals surface area contributed by atoms with Crippen molar-refractivity contribution >= 4 is 17.3 Å². The molecule has 6 heteroatoms. The van der Waals surface area contributed by atoms with Gasteiger partial charge >= 0.3 is 0 Å². The van der Waals surface area contributed by atoms with Crippen molar-refractivity contribution in [1.29, 1.82) is 0 Å². The predicted octanol–water partition coefficient (Wildman–Crippen LogP) is 2.81. The highest BCUT2D eigenvalue weighted by Crippen LogP contribution is 2.25. The van der Waals surface area contributed by atoms with Gasteiger partial charge in [-0.15, -0.1) is 0 Å². The number of hydrogen-bond acceptors (Lipinski definition) is 3.